The number of carbonyl (C=O) groups excluding carboxylic acids is 1. The van der Waals surface area contributed by atoms with Gasteiger partial charge in [0.25, 0.3) is 0 Å². The van der Waals surface area contributed by atoms with Crippen LogP contribution < -0.4 is 5.32 Å². The molecule has 1 amide bonds. The molecule has 1 heterocycles. The van der Waals surface area contributed by atoms with Crippen LogP contribution in [0.5, 0.6) is 0 Å². The average molecular weight is 258 g/mol. The van der Waals surface area contributed by atoms with E-state index in [2.05, 4.69) is 10.4 Å². The molecule has 1 N–H and O–H groups in total. The molecular weight excluding hydrogens is 238 g/mol. The number of amides is 1. The van der Waals surface area contributed by atoms with E-state index < -0.39 is 0 Å². The molecule has 1 aromatic heterocycles. The van der Waals surface area contributed by atoms with Gasteiger partial charge in [0, 0.05) is 18.7 Å². The third-order valence-electron chi connectivity index (χ3n) is 2.90. The lowest BCUT2D eigenvalue weighted by molar-refractivity contribution is -0.125. The molecule has 96 valence electrons. The Labute approximate surface area is 107 Å². The molecule has 0 aliphatic heterocycles. The maximum atomic E-state index is 11.8. The molecule has 17 heavy (non-hydrogen) atoms. The number of aryl methyl sites for hydroxylation is 1. The standard InChI is InChI=1S/C12H20ClN3O/c1-4-9(5-2)12(17)14-7-11-10(13)8-16(6-3)15-11/h8-9H,4-7H2,1-3H3,(H,14,17). The van der Waals surface area contributed by atoms with Crippen molar-refractivity contribution in [2.24, 2.45) is 5.92 Å². The largest absolute Gasteiger partial charge is 0.350 e. The van der Waals surface area contributed by atoms with Crippen molar-refractivity contribution >= 4 is 17.5 Å². The smallest absolute Gasteiger partial charge is 0.223 e. The second-order valence-electron chi connectivity index (χ2n) is 4.01. The summed E-state index contributed by atoms with van der Waals surface area (Å²) in [7, 11) is 0. The Bertz CT molecular complexity index is 372. The zero-order chi connectivity index (χ0) is 12.8. The van der Waals surface area contributed by atoms with Gasteiger partial charge in [0.15, 0.2) is 0 Å². The minimum absolute atomic E-state index is 0.0807. The van der Waals surface area contributed by atoms with E-state index in [0.29, 0.717) is 11.6 Å². The predicted molar refractivity (Wildman–Crippen MR) is 68.8 cm³/mol. The van der Waals surface area contributed by atoms with Crippen LogP contribution in [-0.4, -0.2) is 15.7 Å². The maximum Gasteiger partial charge on any atom is 0.223 e. The molecule has 0 saturated carbocycles. The van der Waals surface area contributed by atoms with Crippen LogP contribution in [-0.2, 0) is 17.9 Å². The van der Waals surface area contributed by atoms with Gasteiger partial charge in [-0.1, -0.05) is 25.4 Å². The fraction of sp³-hybridized carbons (Fsp3) is 0.667. The molecule has 0 radical (unpaired) electrons. The van der Waals surface area contributed by atoms with Crippen molar-refractivity contribution in [1.29, 1.82) is 0 Å². The van der Waals surface area contributed by atoms with Crippen molar-refractivity contribution in [1.82, 2.24) is 15.1 Å². The SMILES string of the molecule is CCC(CC)C(=O)NCc1nn(CC)cc1Cl. The second kappa shape index (κ2) is 6.64. The van der Waals surface area contributed by atoms with Crippen molar-refractivity contribution < 1.29 is 4.79 Å². The molecule has 0 aliphatic rings. The number of nitrogens with one attached hydrogen (secondary N) is 1. The van der Waals surface area contributed by atoms with Crippen LogP contribution in [0.3, 0.4) is 0 Å². The lowest BCUT2D eigenvalue weighted by atomic mass is 10.0. The van der Waals surface area contributed by atoms with E-state index in [-0.39, 0.29) is 11.8 Å². The Morgan fingerprint density at radius 2 is 2.12 bits per heavy atom. The number of carbonyl (C=O) groups is 1. The zero-order valence-electron chi connectivity index (χ0n) is 10.7. The first-order valence-corrected chi connectivity index (χ1v) is 6.49. The highest BCUT2D eigenvalue weighted by Gasteiger charge is 2.14. The molecule has 1 rings (SSSR count). The number of nitrogens with zero attached hydrogens (tertiary/aromatic N) is 2. The number of halogens is 1. The average Bonchev–Trinajstić information content (AvgIpc) is 2.69. The van der Waals surface area contributed by atoms with Crippen LogP contribution in [0, 0.1) is 5.92 Å². The van der Waals surface area contributed by atoms with Crippen LogP contribution >= 0.6 is 11.6 Å². The van der Waals surface area contributed by atoms with Crippen molar-refractivity contribution in [3.63, 3.8) is 0 Å². The van der Waals surface area contributed by atoms with Crippen molar-refractivity contribution in [3.8, 4) is 0 Å². The number of hydrogen-bond acceptors (Lipinski definition) is 2. The van der Waals surface area contributed by atoms with Crippen LogP contribution in [0.15, 0.2) is 6.20 Å². The highest BCUT2D eigenvalue weighted by atomic mass is 35.5. The van der Waals surface area contributed by atoms with Gasteiger partial charge in [-0.3, -0.25) is 9.48 Å². The minimum atomic E-state index is 0.0807. The molecular formula is C12H20ClN3O. The highest BCUT2D eigenvalue weighted by molar-refractivity contribution is 6.31. The lowest BCUT2D eigenvalue weighted by Gasteiger charge is -2.11. The van der Waals surface area contributed by atoms with E-state index in [4.69, 9.17) is 11.6 Å². The molecule has 0 spiro atoms. The van der Waals surface area contributed by atoms with E-state index in [0.717, 1.165) is 25.1 Å². The van der Waals surface area contributed by atoms with Gasteiger partial charge in [-0.15, -0.1) is 0 Å². The van der Waals surface area contributed by atoms with Gasteiger partial charge in [-0.05, 0) is 19.8 Å². The molecule has 0 bridgehead atoms. The number of rotatable bonds is 6. The summed E-state index contributed by atoms with van der Waals surface area (Å²) in [6.45, 7) is 7.22. The third-order valence-corrected chi connectivity index (χ3v) is 3.21. The Kier molecular flexibility index (Phi) is 5.48. The second-order valence-corrected chi connectivity index (χ2v) is 4.42. The van der Waals surface area contributed by atoms with Crippen LogP contribution in [0.1, 0.15) is 39.3 Å². The van der Waals surface area contributed by atoms with Crippen molar-refractivity contribution in [2.45, 2.75) is 46.7 Å². The summed E-state index contributed by atoms with van der Waals surface area (Å²) < 4.78 is 1.76. The van der Waals surface area contributed by atoms with Gasteiger partial charge in [0.05, 0.1) is 11.6 Å². The maximum absolute atomic E-state index is 11.8. The van der Waals surface area contributed by atoms with Crippen molar-refractivity contribution in [3.05, 3.63) is 16.9 Å². The summed E-state index contributed by atoms with van der Waals surface area (Å²) in [6.07, 6.45) is 3.50. The molecule has 1 aromatic rings. The fourth-order valence-corrected chi connectivity index (χ4v) is 1.91. The summed E-state index contributed by atoms with van der Waals surface area (Å²) in [4.78, 5) is 11.8. The normalized spacial score (nSPS) is 10.9. The van der Waals surface area contributed by atoms with Crippen LogP contribution in [0.4, 0.5) is 0 Å². The molecule has 0 atom stereocenters. The molecule has 0 aliphatic carbocycles. The third kappa shape index (κ3) is 3.73. The van der Waals surface area contributed by atoms with Gasteiger partial charge in [-0.2, -0.15) is 5.10 Å². The van der Waals surface area contributed by atoms with Gasteiger partial charge in [0.2, 0.25) is 5.91 Å². The Morgan fingerprint density at radius 1 is 1.47 bits per heavy atom. The highest BCUT2D eigenvalue weighted by Crippen LogP contribution is 2.14. The summed E-state index contributed by atoms with van der Waals surface area (Å²) in [5.74, 6) is 0.166. The zero-order valence-corrected chi connectivity index (χ0v) is 11.4. The molecule has 0 saturated heterocycles. The summed E-state index contributed by atoms with van der Waals surface area (Å²) >= 11 is 6.02. The Morgan fingerprint density at radius 3 is 2.59 bits per heavy atom. The van der Waals surface area contributed by atoms with E-state index in [1.54, 1.807) is 10.9 Å². The summed E-state index contributed by atoms with van der Waals surface area (Å²) in [6, 6.07) is 0. The molecule has 5 heteroatoms. The van der Waals surface area contributed by atoms with Gasteiger partial charge < -0.3 is 5.32 Å². The van der Waals surface area contributed by atoms with Gasteiger partial charge in [-0.25, -0.2) is 0 Å². The first-order chi connectivity index (χ1) is 8.12. The Balaban J connectivity index is 2.55. The van der Waals surface area contributed by atoms with Crippen LogP contribution in [0.25, 0.3) is 0 Å². The van der Waals surface area contributed by atoms with Crippen LogP contribution in [0.2, 0.25) is 5.02 Å². The fourth-order valence-electron chi connectivity index (χ4n) is 1.69. The van der Waals surface area contributed by atoms with E-state index in [9.17, 15) is 4.79 Å². The quantitative estimate of drug-likeness (QED) is 0.852. The lowest BCUT2D eigenvalue weighted by Crippen LogP contribution is -2.29. The van der Waals surface area contributed by atoms with E-state index in [1.165, 1.54) is 0 Å². The monoisotopic (exact) mass is 257 g/mol. The van der Waals surface area contributed by atoms with Gasteiger partial charge in [0.1, 0.15) is 5.69 Å². The molecule has 0 fully saturated rings. The predicted octanol–water partition coefficient (Wildman–Crippen LogP) is 2.61. The van der Waals surface area contributed by atoms with E-state index >= 15 is 0 Å². The number of aromatic nitrogens is 2. The van der Waals surface area contributed by atoms with E-state index in [1.807, 2.05) is 20.8 Å². The summed E-state index contributed by atoms with van der Waals surface area (Å²) in [5.41, 5.74) is 0.729. The molecule has 0 aromatic carbocycles. The molecule has 0 unspecified atom stereocenters. The van der Waals surface area contributed by atoms with Crippen molar-refractivity contribution in [2.75, 3.05) is 0 Å². The first-order valence-electron chi connectivity index (χ1n) is 6.11. The minimum Gasteiger partial charge on any atom is -0.350 e. The topological polar surface area (TPSA) is 46.9 Å². The van der Waals surface area contributed by atoms with Gasteiger partial charge >= 0.3 is 0 Å². The summed E-state index contributed by atoms with van der Waals surface area (Å²) in [5, 5.41) is 7.77. The first kappa shape index (κ1) is 14.0. The Hall–Kier alpha value is -1.03. The molecule has 4 nitrogen and oxygen atoms in total. The number of hydrogen-bond donors (Lipinski definition) is 1.